The average molecular weight is 456 g/mol. The van der Waals surface area contributed by atoms with Crippen molar-refractivity contribution in [3.8, 4) is 11.1 Å². The predicted octanol–water partition coefficient (Wildman–Crippen LogP) is 3.56. The molecule has 0 amide bonds. The molecule has 0 unspecified atom stereocenters. The molecule has 0 aliphatic carbocycles. The minimum Gasteiger partial charge on any atom is -0.464 e. The molecule has 6 nitrogen and oxygen atoms in total. The second-order valence-corrected chi connectivity index (χ2v) is 9.37. The SMILES string of the molecule is CCOC(=O)C1(F)CCN(S(=O)(=O)c2ccc(CO)cc2-c2ccccc2Cl)CC1. The predicted molar refractivity (Wildman–Crippen MR) is 111 cm³/mol. The van der Waals surface area contributed by atoms with E-state index >= 15 is 0 Å². The fourth-order valence-electron chi connectivity index (χ4n) is 3.48. The molecule has 1 heterocycles. The number of carbonyl (C=O) groups is 1. The summed E-state index contributed by atoms with van der Waals surface area (Å²) in [6.45, 7) is 1.09. The van der Waals surface area contributed by atoms with Crippen LogP contribution in [0.2, 0.25) is 5.02 Å². The van der Waals surface area contributed by atoms with Gasteiger partial charge in [0.05, 0.1) is 18.1 Å². The van der Waals surface area contributed by atoms with Crippen molar-refractivity contribution in [1.82, 2.24) is 4.31 Å². The van der Waals surface area contributed by atoms with Gasteiger partial charge < -0.3 is 9.84 Å². The van der Waals surface area contributed by atoms with E-state index in [1.165, 1.54) is 16.4 Å². The zero-order chi connectivity index (χ0) is 21.9. The Kier molecular flexibility index (Phi) is 6.81. The molecule has 0 saturated carbocycles. The Morgan fingerprint density at radius 2 is 1.87 bits per heavy atom. The molecule has 0 atom stereocenters. The van der Waals surface area contributed by atoms with Crippen molar-refractivity contribution >= 4 is 27.6 Å². The standard InChI is InChI=1S/C21H23ClFNO5S/c1-2-29-20(26)21(23)9-11-24(12-10-21)30(27,28)19-8-7-15(14-25)13-17(19)16-5-3-4-6-18(16)22/h3-8,13,25H,2,9-12,14H2,1H3. The maximum Gasteiger partial charge on any atom is 0.343 e. The molecule has 0 aromatic heterocycles. The Balaban J connectivity index is 1.96. The molecule has 2 aromatic carbocycles. The van der Waals surface area contributed by atoms with Crippen LogP contribution in [0, 0.1) is 0 Å². The first-order valence-electron chi connectivity index (χ1n) is 9.58. The number of sulfonamides is 1. The van der Waals surface area contributed by atoms with Gasteiger partial charge in [0.1, 0.15) is 0 Å². The normalized spacial score (nSPS) is 16.9. The highest BCUT2D eigenvalue weighted by Crippen LogP contribution is 2.37. The van der Waals surface area contributed by atoms with E-state index in [9.17, 15) is 22.7 Å². The fourth-order valence-corrected chi connectivity index (χ4v) is 5.34. The Bertz CT molecular complexity index is 1040. The summed E-state index contributed by atoms with van der Waals surface area (Å²) in [5, 5.41) is 9.86. The Morgan fingerprint density at radius 3 is 2.47 bits per heavy atom. The third kappa shape index (κ3) is 4.37. The smallest absolute Gasteiger partial charge is 0.343 e. The highest BCUT2D eigenvalue weighted by atomic mass is 35.5. The lowest BCUT2D eigenvalue weighted by Crippen LogP contribution is -2.49. The van der Waals surface area contributed by atoms with E-state index in [1.807, 2.05) is 0 Å². The largest absolute Gasteiger partial charge is 0.464 e. The number of piperidine rings is 1. The second kappa shape index (κ2) is 9.01. The number of carbonyl (C=O) groups excluding carboxylic acids is 1. The van der Waals surface area contributed by atoms with Crippen molar-refractivity contribution in [2.75, 3.05) is 19.7 Å². The highest BCUT2D eigenvalue weighted by Gasteiger charge is 2.45. The van der Waals surface area contributed by atoms with Gasteiger partial charge in [0, 0.05) is 42.1 Å². The molecule has 0 radical (unpaired) electrons. The van der Waals surface area contributed by atoms with Crippen molar-refractivity contribution in [2.24, 2.45) is 0 Å². The molecule has 0 bridgehead atoms. The van der Waals surface area contributed by atoms with E-state index in [2.05, 4.69) is 0 Å². The molecule has 30 heavy (non-hydrogen) atoms. The molecule has 0 spiro atoms. The lowest BCUT2D eigenvalue weighted by Gasteiger charge is -2.34. The fraction of sp³-hybridized carbons (Fsp3) is 0.381. The van der Waals surface area contributed by atoms with E-state index in [0.717, 1.165) is 0 Å². The van der Waals surface area contributed by atoms with E-state index in [-0.39, 0.29) is 44.0 Å². The van der Waals surface area contributed by atoms with E-state index in [4.69, 9.17) is 16.3 Å². The van der Waals surface area contributed by atoms with Gasteiger partial charge in [-0.3, -0.25) is 0 Å². The number of ether oxygens (including phenoxy) is 1. The monoisotopic (exact) mass is 455 g/mol. The molecule has 9 heteroatoms. The van der Waals surface area contributed by atoms with Gasteiger partial charge in [0.2, 0.25) is 15.7 Å². The molecule has 1 aliphatic rings. The van der Waals surface area contributed by atoms with E-state index in [1.54, 1.807) is 37.3 Å². The number of aliphatic hydroxyl groups excluding tert-OH is 1. The van der Waals surface area contributed by atoms with Crippen LogP contribution < -0.4 is 0 Å². The van der Waals surface area contributed by atoms with Crippen LogP contribution in [0.3, 0.4) is 0 Å². The molecule has 1 saturated heterocycles. The first-order chi connectivity index (χ1) is 14.2. The third-order valence-electron chi connectivity index (χ3n) is 5.16. The summed E-state index contributed by atoms with van der Waals surface area (Å²) in [5.74, 6) is -0.953. The number of alkyl halides is 1. The minimum atomic E-state index is -4.00. The van der Waals surface area contributed by atoms with Crippen LogP contribution >= 0.6 is 11.6 Å². The minimum absolute atomic E-state index is 0.00953. The first kappa shape index (κ1) is 22.7. The molecule has 3 rings (SSSR count). The summed E-state index contributed by atoms with van der Waals surface area (Å²) in [4.78, 5) is 11.9. The Morgan fingerprint density at radius 1 is 1.20 bits per heavy atom. The molecule has 162 valence electrons. The number of rotatable bonds is 6. The zero-order valence-electron chi connectivity index (χ0n) is 16.5. The third-order valence-corrected chi connectivity index (χ3v) is 7.45. The maximum absolute atomic E-state index is 14.9. The van der Waals surface area contributed by atoms with Crippen LogP contribution in [0.5, 0.6) is 0 Å². The zero-order valence-corrected chi connectivity index (χ0v) is 18.0. The summed E-state index contributed by atoms with van der Waals surface area (Å²) in [6, 6.07) is 11.3. The number of benzene rings is 2. The summed E-state index contributed by atoms with van der Waals surface area (Å²) in [7, 11) is -4.00. The molecular weight excluding hydrogens is 433 g/mol. The molecule has 1 N–H and O–H groups in total. The molecular formula is C21H23ClFNO5S. The van der Waals surface area contributed by atoms with E-state index in [0.29, 0.717) is 21.7 Å². The average Bonchev–Trinajstić information content (AvgIpc) is 2.74. The van der Waals surface area contributed by atoms with Crippen molar-refractivity contribution in [2.45, 2.75) is 36.9 Å². The summed E-state index contributed by atoms with van der Waals surface area (Å²) in [6.07, 6.45) is -0.553. The number of hydrogen-bond acceptors (Lipinski definition) is 5. The summed E-state index contributed by atoms with van der Waals surface area (Å²) >= 11 is 6.29. The number of esters is 1. The van der Waals surface area contributed by atoms with Crippen LogP contribution in [0.25, 0.3) is 11.1 Å². The van der Waals surface area contributed by atoms with Gasteiger partial charge >= 0.3 is 5.97 Å². The summed E-state index contributed by atoms with van der Waals surface area (Å²) < 4.78 is 47.6. The Labute approximate surface area is 180 Å². The van der Waals surface area contributed by atoms with Gasteiger partial charge in [-0.2, -0.15) is 4.31 Å². The first-order valence-corrected chi connectivity index (χ1v) is 11.4. The van der Waals surface area contributed by atoms with Crippen molar-refractivity contribution in [3.63, 3.8) is 0 Å². The number of nitrogens with zero attached hydrogens (tertiary/aromatic N) is 1. The summed E-state index contributed by atoms with van der Waals surface area (Å²) in [5.41, 5.74) is -0.785. The van der Waals surface area contributed by atoms with Gasteiger partial charge in [-0.15, -0.1) is 0 Å². The van der Waals surface area contributed by atoms with Crippen LogP contribution in [0.4, 0.5) is 4.39 Å². The van der Waals surface area contributed by atoms with Gasteiger partial charge in [0.25, 0.3) is 0 Å². The maximum atomic E-state index is 14.9. The number of hydrogen-bond donors (Lipinski definition) is 1. The van der Waals surface area contributed by atoms with Gasteiger partial charge in [0.15, 0.2) is 0 Å². The van der Waals surface area contributed by atoms with E-state index < -0.39 is 21.7 Å². The highest BCUT2D eigenvalue weighted by molar-refractivity contribution is 7.89. The lowest BCUT2D eigenvalue weighted by atomic mass is 9.95. The van der Waals surface area contributed by atoms with Crippen molar-refractivity contribution in [3.05, 3.63) is 53.1 Å². The van der Waals surface area contributed by atoms with Crippen LogP contribution in [-0.4, -0.2) is 49.2 Å². The van der Waals surface area contributed by atoms with Crippen molar-refractivity contribution in [1.29, 1.82) is 0 Å². The quantitative estimate of drug-likeness (QED) is 0.673. The Hall–Kier alpha value is -2.00. The molecule has 1 fully saturated rings. The topological polar surface area (TPSA) is 83.9 Å². The van der Waals surface area contributed by atoms with Crippen LogP contribution in [-0.2, 0) is 26.2 Å². The van der Waals surface area contributed by atoms with Crippen LogP contribution in [0.1, 0.15) is 25.3 Å². The van der Waals surface area contributed by atoms with Crippen LogP contribution in [0.15, 0.2) is 47.4 Å². The van der Waals surface area contributed by atoms with Gasteiger partial charge in [-0.1, -0.05) is 35.9 Å². The number of halogens is 2. The number of aliphatic hydroxyl groups is 1. The second-order valence-electron chi connectivity index (χ2n) is 7.06. The van der Waals surface area contributed by atoms with Crippen molar-refractivity contribution < 1.29 is 27.4 Å². The van der Waals surface area contributed by atoms with Gasteiger partial charge in [-0.05, 0) is 30.7 Å². The molecule has 1 aliphatic heterocycles. The lowest BCUT2D eigenvalue weighted by molar-refractivity contribution is -0.160. The van der Waals surface area contributed by atoms with Gasteiger partial charge in [-0.25, -0.2) is 17.6 Å². The molecule has 2 aromatic rings.